The van der Waals surface area contributed by atoms with Gasteiger partial charge in [-0.25, -0.2) is 4.98 Å². The Kier molecular flexibility index (Phi) is 8.42. The number of aliphatic hydroxyl groups is 1. The zero-order valence-electron chi connectivity index (χ0n) is 23.8. The number of likely N-dealkylation sites (tertiary alicyclic amines) is 1. The van der Waals surface area contributed by atoms with Crippen molar-refractivity contribution >= 4 is 29.1 Å². The van der Waals surface area contributed by atoms with Gasteiger partial charge in [-0.05, 0) is 43.0 Å². The summed E-state index contributed by atoms with van der Waals surface area (Å²) in [5.41, 5.74) is 6.05. The first-order chi connectivity index (χ1) is 19.7. The molecule has 0 aliphatic carbocycles. The summed E-state index contributed by atoms with van der Waals surface area (Å²) in [6.07, 6.45) is -0.687. The van der Waals surface area contributed by atoms with Crippen LogP contribution in [-0.4, -0.2) is 69.0 Å². The second-order valence-corrected chi connectivity index (χ2v) is 11.8. The molecule has 0 radical (unpaired) electrons. The number of β-amino-alcohol motifs (C(OH)–C–C–N with tert-alkyl or cyclic N) is 1. The van der Waals surface area contributed by atoms with E-state index in [0.717, 1.165) is 27.3 Å². The van der Waals surface area contributed by atoms with E-state index in [0.29, 0.717) is 24.5 Å². The van der Waals surface area contributed by atoms with Crippen molar-refractivity contribution in [1.29, 1.82) is 0 Å². The molecular weight excluding hydrogens is 540 g/mol. The molecule has 2 aliphatic rings. The lowest BCUT2D eigenvalue weighted by atomic mass is 10.0. The lowest BCUT2D eigenvalue weighted by Gasteiger charge is -2.35. The summed E-state index contributed by atoms with van der Waals surface area (Å²) in [5.74, 6) is -0.370. The highest BCUT2D eigenvalue weighted by Gasteiger charge is 2.45. The molecule has 0 unspecified atom stereocenters. The average molecular weight is 577 g/mol. The predicted octanol–water partition coefficient (Wildman–Crippen LogP) is 3.78. The maximum absolute atomic E-state index is 13.9. The molecule has 1 fully saturated rings. The molecule has 9 nitrogen and oxygen atoms in total. The number of hydrogen-bond acceptors (Lipinski definition) is 7. The summed E-state index contributed by atoms with van der Waals surface area (Å²) < 4.78 is 5.89. The largest absolute Gasteiger partial charge is 0.494 e. The topological polar surface area (TPSA) is 112 Å². The normalized spacial score (nSPS) is 19.0. The van der Waals surface area contributed by atoms with E-state index in [4.69, 9.17) is 4.74 Å². The maximum Gasteiger partial charge on any atom is 0.255 e. The number of thiazole rings is 1. The molecule has 2 aromatic carbocycles. The highest BCUT2D eigenvalue weighted by atomic mass is 32.1. The van der Waals surface area contributed by atoms with E-state index in [1.807, 2.05) is 69.6 Å². The van der Waals surface area contributed by atoms with E-state index in [1.54, 1.807) is 22.3 Å². The van der Waals surface area contributed by atoms with Gasteiger partial charge in [0.1, 0.15) is 17.8 Å². The Morgan fingerprint density at radius 3 is 2.68 bits per heavy atom. The summed E-state index contributed by atoms with van der Waals surface area (Å²) in [4.78, 5) is 49.0. The van der Waals surface area contributed by atoms with Crippen LogP contribution < -0.4 is 10.1 Å². The highest BCUT2D eigenvalue weighted by Crippen LogP contribution is 2.33. The smallest absolute Gasteiger partial charge is 0.255 e. The third-order valence-corrected chi connectivity index (χ3v) is 8.74. The maximum atomic E-state index is 13.9. The molecule has 0 saturated carbocycles. The third kappa shape index (κ3) is 5.71. The Morgan fingerprint density at radius 1 is 1.22 bits per heavy atom. The zero-order valence-corrected chi connectivity index (χ0v) is 24.6. The van der Waals surface area contributed by atoms with Crippen LogP contribution in [0.4, 0.5) is 0 Å². The Balaban J connectivity index is 1.31. The molecule has 0 spiro atoms. The van der Waals surface area contributed by atoms with Gasteiger partial charge in [-0.1, -0.05) is 44.2 Å². The van der Waals surface area contributed by atoms with Crippen LogP contribution in [0.3, 0.4) is 0 Å². The second-order valence-electron chi connectivity index (χ2n) is 10.9. The first-order valence-corrected chi connectivity index (χ1v) is 14.9. The highest BCUT2D eigenvalue weighted by molar-refractivity contribution is 7.13. The predicted molar refractivity (Wildman–Crippen MR) is 156 cm³/mol. The molecule has 2 N–H and O–H groups in total. The lowest BCUT2D eigenvalue weighted by Crippen LogP contribution is -2.55. The van der Waals surface area contributed by atoms with E-state index in [9.17, 15) is 19.5 Å². The Hall–Kier alpha value is -3.76. The minimum Gasteiger partial charge on any atom is -0.494 e. The van der Waals surface area contributed by atoms with Crippen LogP contribution in [0.15, 0.2) is 48.0 Å². The molecule has 0 bridgehead atoms. The van der Waals surface area contributed by atoms with E-state index < -0.39 is 18.2 Å². The van der Waals surface area contributed by atoms with Crippen molar-refractivity contribution in [3.8, 4) is 16.2 Å². The fourth-order valence-corrected chi connectivity index (χ4v) is 6.57. The number of ether oxygens (including phenoxy) is 1. The monoisotopic (exact) mass is 576 g/mol. The van der Waals surface area contributed by atoms with Crippen LogP contribution in [0.5, 0.6) is 5.75 Å². The number of aryl methyl sites for hydroxylation is 1. The molecule has 216 valence electrons. The molecule has 3 heterocycles. The van der Waals surface area contributed by atoms with Crippen molar-refractivity contribution in [2.75, 3.05) is 13.2 Å². The Labute approximate surface area is 244 Å². The van der Waals surface area contributed by atoms with Crippen LogP contribution in [0.1, 0.15) is 54.4 Å². The fraction of sp³-hybridized carbons (Fsp3) is 0.419. The Morgan fingerprint density at radius 2 is 2.00 bits per heavy atom. The quantitative estimate of drug-likeness (QED) is 0.401. The van der Waals surface area contributed by atoms with Gasteiger partial charge < -0.3 is 25.0 Å². The molecule has 41 heavy (non-hydrogen) atoms. The number of aromatic nitrogens is 1. The van der Waals surface area contributed by atoms with E-state index >= 15 is 0 Å². The molecule has 3 atom stereocenters. The number of fused-ring (bicyclic) bond motifs is 1. The number of hydrogen-bond donors (Lipinski definition) is 2. The summed E-state index contributed by atoms with van der Waals surface area (Å²) in [6, 6.07) is 11.6. The van der Waals surface area contributed by atoms with Crippen molar-refractivity contribution < 1.29 is 24.2 Å². The molecule has 5 rings (SSSR count). The molecule has 1 aromatic heterocycles. The van der Waals surface area contributed by atoms with Crippen LogP contribution >= 0.6 is 11.3 Å². The van der Waals surface area contributed by atoms with Gasteiger partial charge in [0.05, 0.1) is 28.8 Å². The van der Waals surface area contributed by atoms with Crippen molar-refractivity contribution in [1.82, 2.24) is 20.1 Å². The molecular formula is C31H36N4O5S. The van der Waals surface area contributed by atoms with Gasteiger partial charge in [-0.3, -0.25) is 14.4 Å². The number of aliphatic hydroxyl groups excluding tert-OH is 1. The lowest BCUT2D eigenvalue weighted by molar-refractivity contribution is -0.143. The second kappa shape index (κ2) is 12.0. The summed E-state index contributed by atoms with van der Waals surface area (Å²) in [5, 5.41) is 13.5. The van der Waals surface area contributed by atoms with Gasteiger partial charge in [-0.15, -0.1) is 11.3 Å². The van der Waals surface area contributed by atoms with Crippen molar-refractivity contribution in [3.05, 3.63) is 70.4 Å². The van der Waals surface area contributed by atoms with Gasteiger partial charge in [-0.2, -0.15) is 0 Å². The number of rotatable bonds is 9. The summed E-state index contributed by atoms with van der Waals surface area (Å²) in [6.45, 7) is 8.73. The number of nitrogens with zero attached hydrogens (tertiary/aromatic N) is 3. The van der Waals surface area contributed by atoms with Crippen LogP contribution in [-0.2, 0) is 22.7 Å². The minimum atomic E-state index is -0.839. The van der Waals surface area contributed by atoms with Crippen LogP contribution in [0, 0.1) is 12.8 Å². The van der Waals surface area contributed by atoms with Gasteiger partial charge >= 0.3 is 0 Å². The zero-order chi connectivity index (χ0) is 29.3. The molecule has 3 aromatic rings. The molecule has 10 heteroatoms. The van der Waals surface area contributed by atoms with Gasteiger partial charge in [0.15, 0.2) is 0 Å². The molecule has 1 saturated heterocycles. The van der Waals surface area contributed by atoms with Gasteiger partial charge in [0.2, 0.25) is 11.8 Å². The third-order valence-electron chi connectivity index (χ3n) is 7.76. The van der Waals surface area contributed by atoms with Gasteiger partial charge in [0, 0.05) is 37.2 Å². The molecule has 2 aliphatic heterocycles. The summed E-state index contributed by atoms with van der Waals surface area (Å²) in [7, 11) is 0. The average Bonchev–Trinajstić information content (AvgIpc) is 3.65. The standard InChI is InChI=1S/C31H36N4O5S/c1-5-40-26-12-20(28-19(4)33-17-41-28)10-11-21(26)14-32-29(37)25-13-23(36)16-34(25)31(39)27(18(2)3)35-15-22-8-6-7-9-24(22)30(35)38/h6-12,17-18,23,25,27,36H,5,13-16H2,1-4H3,(H,32,37)/t23-,25+,27+/m1/s1. The van der Waals surface area contributed by atoms with Gasteiger partial charge in [0.25, 0.3) is 5.91 Å². The van der Waals surface area contributed by atoms with Crippen molar-refractivity contribution in [2.24, 2.45) is 5.92 Å². The summed E-state index contributed by atoms with van der Waals surface area (Å²) >= 11 is 1.56. The Bertz CT molecular complexity index is 1450. The first-order valence-electron chi connectivity index (χ1n) is 14.0. The number of carbonyl (C=O) groups is 3. The number of benzene rings is 2. The minimum absolute atomic E-state index is 0.0439. The van der Waals surface area contributed by atoms with Crippen molar-refractivity contribution in [2.45, 2.75) is 65.4 Å². The van der Waals surface area contributed by atoms with E-state index in [-0.39, 0.29) is 43.1 Å². The van der Waals surface area contributed by atoms with Crippen LogP contribution in [0.2, 0.25) is 0 Å². The first kappa shape index (κ1) is 28.8. The SMILES string of the molecule is CCOc1cc(-c2scnc2C)ccc1CNC(=O)[C@@H]1C[C@@H](O)CN1C(=O)[C@H](C(C)C)N1Cc2ccccc2C1=O. The van der Waals surface area contributed by atoms with Crippen LogP contribution in [0.25, 0.3) is 10.4 Å². The number of amides is 3. The van der Waals surface area contributed by atoms with Crippen molar-refractivity contribution in [3.63, 3.8) is 0 Å². The fourth-order valence-electron chi connectivity index (χ4n) is 5.77. The molecule has 3 amide bonds. The number of nitrogens with one attached hydrogen (secondary N) is 1. The van der Waals surface area contributed by atoms with E-state index in [2.05, 4.69) is 10.3 Å². The van der Waals surface area contributed by atoms with E-state index in [1.165, 1.54) is 4.90 Å². The number of carbonyl (C=O) groups excluding carboxylic acids is 3.